The largest absolute Gasteiger partial charge is 0.395 e. The number of benzene rings is 1. The lowest BCUT2D eigenvalue weighted by Gasteiger charge is -2.36. The van der Waals surface area contributed by atoms with Gasteiger partial charge in [-0.2, -0.15) is 0 Å². The van der Waals surface area contributed by atoms with Crippen molar-refractivity contribution >= 4 is 5.69 Å². The van der Waals surface area contributed by atoms with Crippen LogP contribution < -0.4 is 10.6 Å². The highest BCUT2D eigenvalue weighted by atomic mass is 16.3. The lowest BCUT2D eigenvalue weighted by Crippen LogP contribution is -2.50. The van der Waals surface area contributed by atoms with E-state index in [4.69, 9.17) is 10.8 Å². The monoisotopic (exact) mass is 235 g/mol. The van der Waals surface area contributed by atoms with Crippen molar-refractivity contribution in [3.8, 4) is 0 Å². The number of nitrogens with zero attached hydrogens (tertiary/aromatic N) is 2. The van der Waals surface area contributed by atoms with E-state index in [1.54, 1.807) is 0 Å². The molecular weight excluding hydrogens is 214 g/mol. The fraction of sp³-hybridized carbons (Fsp3) is 0.538. The van der Waals surface area contributed by atoms with Crippen LogP contribution in [-0.4, -0.2) is 55.4 Å². The molecule has 3 N–H and O–H groups in total. The van der Waals surface area contributed by atoms with E-state index in [2.05, 4.69) is 34.1 Å². The number of piperazine rings is 1. The van der Waals surface area contributed by atoms with Gasteiger partial charge >= 0.3 is 0 Å². The van der Waals surface area contributed by atoms with Crippen molar-refractivity contribution in [3.63, 3.8) is 0 Å². The first-order chi connectivity index (χ1) is 8.29. The van der Waals surface area contributed by atoms with Gasteiger partial charge in [0.15, 0.2) is 0 Å². The number of anilines is 1. The molecule has 1 fully saturated rings. The molecule has 2 rings (SSSR count). The predicted octanol–water partition coefficient (Wildman–Crippen LogP) is 0.128. The van der Waals surface area contributed by atoms with Gasteiger partial charge in [0.1, 0.15) is 0 Å². The number of para-hydroxylation sites is 1. The summed E-state index contributed by atoms with van der Waals surface area (Å²) in [6.07, 6.45) is 0. The average Bonchev–Trinajstić information content (AvgIpc) is 2.40. The van der Waals surface area contributed by atoms with Crippen LogP contribution in [0, 0.1) is 0 Å². The average molecular weight is 235 g/mol. The van der Waals surface area contributed by atoms with E-state index >= 15 is 0 Å². The molecule has 0 saturated carbocycles. The van der Waals surface area contributed by atoms with Crippen LogP contribution in [0.25, 0.3) is 0 Å². The lowest BCUT2D eigenvalue weighted by atomic mass is 10.2. The van der Waals surface area contributed by atoms with Crippen LogP contribution in [0.2, 0.25) is 0 Å². The molecule has 0 aliphatic carbocycles. The molecule has 0 spiro atoms. The molecule has 1 atom stereocenters. The maximum atomic E-state index is 8.93. The van der Waals surface area contributed by atoms with Crippen molar-refractivity contribution in [1.82, 2.24) is 4.90 Å². The van der Waals surface area contributed by atoms with Gasteiger partial charge in [-0.25, -0.2) is 0 Å². The molecule has 1 aromatic rings. The minimum atomic E-state index is -0.113. The Morgan fingerprint density at radius 1 is 1.12 bits per heavy atom. The Bertz CT molecular complexity index is 323. The Morgan fingerprint density at radius 3 is 2.35 bits per heavy atom. The topological polar surface area (TPSA) is 52.7 Å². The SMILES string of the molecule is NC(CO)CN1CCN(c2ccccc2)CC1. The standard InChI is InChI=1S/C13H21N3O/c14-12(11-17)10-15-6-8-16(9-7-15)13-4-2-1-3-5-13/h1-5,12,17H,6-11,14H2. The molecule has 1 aliphatic heterocycles. The zero-order valence-corrected chi connectivity index (χ0v) is 10.1. The normalized spacial score (nSPS) is 19.3. The minimum Gasteiger partial charge on any atom is -0.395 e. The predicted molar refractivity (Wildman–Crippen MR) is 70.2 cm³/mol. The van der Waals surface area contributed by atoms with E-state index in [1.807, 2.05) is 6.07 Å². The molecule has 94 valence electrons. The molecule has 1 heterocycles. The van der Waals surface area contributed by atoms with Crippen LogP contribution in [0.15, 0.2) is 30.3 Å². The van der Waals surface area contributed by atoms with Crippen molar-refractivity contribution in [3.05, 3.63) is 30.3 Å². The molecule has 0 bridgehead atoms. The molecule has 1 aliphatic rings. The third kappa shape index (κ3) is 3.43. The minimum absolute atomic E-state index is 0.0684. The van der Waals surface area contributed by atoms with Crippen LogP contribution in [0.4, 0.5) is 5.69 Å². The maximum Gasteiger partial charge on any atom is 0.0595 e. The summed E-state index contributed by atoms with van der Waals surface area (Å²) in [5, 5.41) is 8.93. The lowest BCUT2D eigenvalue weighted by molar-refractivity contribution is 0.194. The second-order valence-corrected chi connectivity index (χ2v) is 4.57. The van der Waals surface area contributed by atoms with Gasteiger partial charge < -0.3 is 15.7 Å². The number of aliphatic hydroxyl groups excluding tert-OH is 1. The second-order valence-electron chi connectivity index (χ2n) is 4.57. The molecule has 1 unspecified atom stereocenters. The molecule has 4 nitrogen and oxygen atoms in total. The Labute approximate surface area is 103 Å². The molecule has 17 heavy (non-hydrogen) atoms. The van der Waals surface area contributed by atoms with Crippen LogP contribution in [0.1, 0.15) is 0 Å². The molecular formula is C13H21N3O. The number of aliphatic hydroxyl groups is 1. The van der Waals surface area contributed by atoms with Crippen molar-refractivity contribution in [1.29, 1.82) is 0 Å². The number of hydrogen-bond acceptors (Lipinski definition) is 4. The summed E-state index contributed by atoms with van der Waals surface area (Å²) in [5.41, 5.74) is 7.03. The van der Waals surface area contributed by atoms with Gasteiger partial charge in [0.2, 0.25) is 0 Å². The van der Waals surface area contributed by atoms with E-state index < -0.39 is 0 Å². The summed E-state index contributed by atoms with van der Waals surface area (Å²) in [6.45, 7) is 4.95. The van der Waals surface area contributed by atoms with Gasteiger partial charge in [0.05, 0.1) is 6.61 Å². The van der Waals surface area contributed by atoms with Gasteiger partial charge in [-0.3, -0.25) is 4.90 Å². The summed E-state index contributed by atoms with van der Waals surface area (Å²) in [6, 6.07) is 10.4. The number of nitrogens with two attached hydrogens (primary N) is 1. The third-order valence-electron chi connectivity index (χ3n) is 3.22. The van der Waals surface area contributed by atoms with Gasteiger partial charge in [-0.1, -0.05) is 18.2 Å². The van der Waals surface area contributed by atoms with E-state index in [-0.39, 0.29) is 12.6 Å². The van der Waals surface area contributed by atoms with Crippen LogP contribution in [-0.2, 0) is 0 Å². The third-order valence-corrected chi connectivity index (χ3v) is 3.22. The highest BCUT2D eigenvalue weighted by Crippen LogP contribution is 2.15. The molecule has 0 aromatic heterocycles. The smallest absolute Gasteiger partial charge is 0.0595 e. The summed E-state index contributed by atoms with van der Waals surface area (Å²) < 4.78 is 0. The summed E-state index contributed by atoms with van der Waals surface area (Å²) in [4.78, 5) is 4.71. The number of rotatable bonds is 4. The Balaban J connectivity index is 1.82. The summed E-state index contributed by atoms with van der Waals surface area (Å²) in [5.74, 6) is 0. The van der Waals surface area contributed by atoms with Crippen molar-refractivity contribution in [2.24, 2.45) is 5.73 Å². The zero-order chi connectivity index (χ0) is 12.1. The molecule has 1 saturated heterocycles. The second kappa shape index (κ2) is 6.00. The van der Waals surface area contributed by atoms with E-state index in [1.165, 1.54) is 5.69 Å². The summed E-state index contributed by atoms with van der Waals surface area (Å²) >= 11 is 0. The first kappa shape index (κ1) is 12.4. The van der Waals surface area contributed by atoms with Gasteiger partial charge in [-0.15, -0.1) is 0 Å². The van der Waals surface area contributed by atoms with E-state index in [9.17, 15) is 0 Å². The van der Waals surface area contributed by atoms with Crippen molar-refractivity contribution < 1.29 is 5.11 Å². The first-order valence-corrected chi connectivity index (χ1v) is 6.18. The van der Waals surface area contributed by atoms with Crippen molar-refractivity contribution in [2.75, 3.05) is 44.2 Å². The fourth-order valence-electron chi connectivity index (χ4n) is 2.22. The van der Waals surface area contributed by atoms with Gasteiger partial charge in [-0.05, 0) is 12.1 Å². The highest BCUT2D eigenvalue weighted by Gasteiger charge is 2.18. The molecule has 4 heteroatoms. The highest BCUT2D eigenvalue weighted by molar-refractivity contribution is 5.46. The molecule has 0 amide bonds. The van der Waals surface area contributed by atoms with Crippen LogP contribution >= 0.6 is 0 Å². The van der Waals surface area contributed by atoms with Crippen LogP contribution in [0.5, 0.6) is 0 Å². The molecule has 1 aromatic carbocycles. The van der Waals surface area contributed by atoms with Crippen LogP contribution in [0.3, 0.4) is 0 Å². The van der Waals surface area contributed by atoms with Gasteiger partial charge in [0.25, 0.3) is 0 Å². The van der Waals surface area contributed by atoms with Crippen molar-refractivity contribution in [2.45, 2.75) is 6.04 Å². The van der Waals surface area contributed by atoms with Gasteiger partial charge in [0, 0.05) is 44.5 Å². The summed E-state index contributed by atoms with van der Waals surface area (Å²) in [7, 11) is 0. The fourth-order valence-corrected chi connectivity index (χ4v) is 2.22. The number of hydrogen-bond donors (Lipinski definition) is 2. The van der Waals surface area contributed by atoms with E-state index in [0.717, 1.165) is 32.7 Å². The Morgan fingerprint density at radius 2 is 1.76 bits per heavy atom. The molecule has 0 radical (unpaired) electrons. The van der Waals surface area contributed by atoms with E-state index in [0.29, 0.717) is 0 Å². The first-order valence-electron chi connectivity index (χ1n) is 6.18. The quantitative estimate of drug-likeness (QED) is 0.779. The Hall–Kier alpha value is -1.10. The zero-order valence-electron chi connectivity index (χ0n) is 10.1. The Kier molecular flexibility index (Phi) is 4.36. The maximum absolute atomic E-state index is 8.93.